The molecule has 2 aromatic rings. The molecule has 0 aliphatic carbocycles. The predicted octanol–water partition coefficient (Wildman–Crippen LogP) is 3.80. The zero-order chi connectivity index (χ0) is 21.6. The molecule has 4 rings (SSSR count). The van der Waals surface area contributed by atoms with Crippen LogP contribution in [0.2, 0.25) is 0 Å². The number of ether oxygens (including phenoxy) is 3. The lowest BCUT2D eigenvalue weighted by molar-refractivity contribution is -0.117. The summed E-state index contributed by atoms with van der Waals surface area (Å²) in [6, 6.07) is 13.0. The average Bonchev–Trinajstić information content (AvgIpc) is 3.09. The molecular formula is C24H28N2O5. The third-order valence-corrected chi connectivity index (χ3v) is 5.55. The van der Waals surface area contributed by atoms with E-state index in [0.29, 0.717) is 37.6 Å². The Balaban J connectivity index is 1.38. The minimum Gasteiger partial charge on any atom is -0.490 e. The molecule has 1 fully saturated rings. The smallest absolute Gasteiger partial charge is 0.338 e. The van der Waals surface area contributed by atoms with Crippen LogP contribution in [0.25, 0.3) is 0 Å². The number of fused-ring (bicyclic) bond motifs is 1. The number of hydrogen-bond donors (Lipinski definition) is 1. The highest BCUT2D eigenvalue weighted by Gasteiger charge is 2.28. The number of carbonyl (C=O) groups is 2. The monoisotopic (exact) mass is 424 g/mol. The molecule has 0 saturated carbocycles. The van der Waals surface area contributed by atoms with E-state index in [-0.39, 0.29) is 17.9 Å². The van der Waals surface area contributed by atoms with Crippen LogP contribution in [0, 0.1) is 0 Å². The van der Waals surface area contributed by atoms with E-state index < -0.39 is 0 Å². The maximum Gasteiger partial charge on any atom is 0.338 e. The van der Waals surface area contributed by atoms with Crippen LogP contribution in [0.1, 0.15) is 48.1 Å². The summed E-state index contributed by atoms with van der Waals surface area (Å²) >= 11 is 0. The highest BCUT2D eigenvalue weighted by atomic mass is 16.5. The molecule has 7 heteroatoms. The van der Waals surface area contributed by atoms with Crippen LogP contribution in [0.5, 0.6) is 11.5 Å². The first-order valence-corrected chi connectivity index (χ1v) is 10.8. The molecule has 1 amide bonds. The lowest BCUT2D eigenvalue weighted by atomic mass is 10.0. The van der Waals surface area contributed by atoms with Crippen molar-refractivity contribution in [1.29, 1.82) is 0 Å². The van der Waals surface area contributed by atoms with Crippen molar-refractivity contribution in [3.8, 4) is 11.5 Å². The van der Waals surface area contributed by atoms with Crippen LogP contribution < -0.4 is 14.8 Å². The maximum atomic E-state index is 12.7. The van der Waals surface area contributed by atoms with Gasteiger partial charge in [-0.25, -0.2) is 4.79 Å². The van der Waals surface area contributed by atoms with Crippen molar-refractivity contribution in [2.75, 3.05) is 38.2 Å². The summed E-state index contributed by atoms with van der Waals surface area (Å²) in [4.78, 5) is 26.6. The summed E-state index contributed by atoms with van der Waals surface area (Å²) in [6.45, 7) is 4.60. The standard InChI is InChI=1S/C24H28N2O5/c1-2-29-24(28)17-6-9-19(10-7-17)25-23(27)16-26-12-3-5-20(26)18-8-11-21-22(15-18)31-14-4-13-30-21/h6-11,15,20H,2-5,12-14,16H2,1H3,(H,25,27)/t20-/m0/s1. The molecule has 1 N–H and O–H groups in total. The molecule has 0 aromatic heterocycles. The van der Waals surface area contributed by atoms with E-state index in [9.17, 15) is 9.59 Å². The van der Waals surface area contributed by atoms with Gasteiger partial charge in [0.25, 0.3) is 0 Å². The number of anilines is 1. The van der Waals surface area contributed by atoms with Gasteiger partial charge in [-0.15, -0.1) is 0 Å². The Labute approximate surface area is 182 Å². The average molecular weight is 424 g/mol. The first kappa shape index (κ1) is 21.2. The van der Waals surface area contributed by atoms with Gasteiger partial charge in [0.15, 0.2) is 11.5 Å². The molecular weight excluding hydrogens is 396 g/mol. The molecule has 2 aliphatic rings. The van der Waals surface area contributed by atoms with Gasteiger partial charge in [0, 0.05) is 18.2 Å². The van der Waals surface area contributed by atoms with E-state index in [1.807, 2.05) is 6.07 Å². The van der Waals surface area contributed by atoms with Crippen molar-refractivity contribution >= 4 is 17.6 Å². The van der Waals surface area contributed by atoms with Crippen molar-refractivity contribution in [3.05, 3.63) is 53.6 Å². The highest BCUT2D eigenvalue weighted by Crippen LogP contribution is 2.37. The Kier molecular flexibility index (Phi) is 6.72. The zero-order valence-corrected chi connectivity index (χ0v) is 17.8. The number of nitrogens with zero attached hydrogens (tertiary/aromatic N) is 1. The molecule has 164 valence electrons. The van der Waals surface area contributed by atoms with Crippen LogP contribution in [0.15, 0.2) is 42.5 Å². The first-order chi connectivity index (χ1) is 15.1. The van der Waals surface area contributed by atoms with Gasteiger partial charge in [-0.3, -0.25) is 9.69 Å². The Morgan fingerprint density at radius 1 is 1.06 bits per heavy atom. The largest absolute Gasteiger partial charge is 0.490 e. The molecule has 1 atom stereocenters. The summed E-state index contributed by atoms with van der Waals surface area (Å²) < 4.78 is 16.5. The predicted molar refractivity (Wildman–Crippen MR) is 117 cm³/mol. The third kappa shape index (κ3) is 5.17. The molecule has 1 saturated heterocycles. The number of carbonyl (C=O) groups excluding carboxylic acids is 2. The fourth-order valence-corrected chi connectivity index (χ4v) is 4.07. The van der Waals surface area contributed by atoms with Gasteiger partial charge in [-0.1, -0.05) is 6.07 Å². The number of amides is 1. The number of likely N-dealkylation sites (tertiary alicyclic amines) is 1. The van der Waals surface area contributed by atoms with Gasteiger partial charge in [0.1, 0.15) is 0 Å². The van der Waals surface area contributed by atoms with Crippen molar-refractivity contribution in [3.63, 3.8) is 0 Å². The van der Waals surface area contributed by atoms with Gasteiger partial charge in [-0.05, 0) is 68.3 Å². The number of rotatable bonds is 6. The van der Waals surface area contributed by atoms with Gasteiger partial charge in [-0.2, -0.15) is 0 Å². The van der Waals surface area contributed by atoms with Gasteiger partial charge in [0.2, 0.25) is 5.91 Å². The highest BCUT2D eigenvalue weighted by molar-refractivity contribution is 5.94. The Bertz CT molecular complexity index is 928. The number of hydrogen-bond acceptors (Lipinski definition) is 6. The van der Waals surface area contributed by atoms with Gasteiger partial charge < -0.3 is 19.5 Å². The number of benzene rings is 2. The van der Waals surface area contributed by atoms with Crippen LogP contribution in [-0.4, -0.2) is 49.7 Å². The zero-order valence-electron chi connectivity index (χ0n) is 17.8. The summed E-state index contributed by atoms with van der Waals surface area (Å²) in [5.41, 5.74) is 2.27. The molecule has 2 aromatic carbocycles. The summed E-state index contributed by atoms with van der Waals surface area (Å²) in [5.74, 6) is 1.13. The maximum absolute atomic E-state index is 12.7. The topological polar surface area (TPSA) is 77.1 Å². The fourth-order valence-electron chi connectivity index (χ4n) is 4.07. The molecule has 0 bridgehead atoms. The molecule has 7 nitrogen and oxygen atoms in total. The van der Waals surface area contributed by atoms with Crippen molar-refractivity contribution < 1.29 is 23.8 Å². The summed E-state index contributed by atoms with van der Waals surface area (Å²) in [6.07, 6.45) is 2.92. The van der Waals surface area contributed by atoms with Crippen LogP contribution in [0.3, 0.4) is 0 Å². The molecule has 2 aliphatic heterocycles. The Morgan fingerprint density at radius 2 is 1.84 bits per heavy atom. The van der Waals surface area contributed by atoms with Crippen LogP contribution in [0.4, 0.5) is 5.69 Å². The molecule has 2 heterocycles. The second-order valence-corrected chi connectivity index (χ2v) is 7.73. The minimum atomic E-state index is -0.365. The van der Waals surface area contributed by atoms with Crippen LogP contribution in [-0.2, 0) is 9.53 Å². The lowest BCUT2D eigenvalue weighted by Gasteiger charge is -2.25. The Hall–Kier alpha value is -3.06. The van der Waals surface area contributed by atoms with E-state index in [1.165, 1.54) is 0 Å². The van der Waals surface area contributed by atoms with E-state index in [4.69, 9.17) is 14.2 Å². The van der Waals surface area contributed by atoms with Gasteiger partial charge in [0.05, 0.1) is 31.9 Å². The third-order valence-electron chi connectivity index (χ3n) is 5.55. The SMILES string of the molecule is CCOC(=O)c1ccc(NC(=O)CN2CCC[C@H]2c2ccc3c(c2)OCCCO3)cc1. The van der Waals surface area contributed by atoms with Crippen molar-refractivity contribution in [2.24, 2.45) is 0 Å². The normalized spacial score (nSPS) is 18.3. The minimum absolute atomic E-state index is 0.0786. The molecule has 0 spiro atoms. The van der Waals surface area contributed by atoms with E-state index in [0.717, 1.165) is 42.9 Å². The van der Waals surface area contributed by atoms with E-state index in [1.54, 1.807) is 31.2 Å². The fraction of sp³-hybridized carbons (Fsp3) is 0.417. The second-order valence-electron chi connectivity index (χ2n) is 7.73. The number of esters is 1. The van der Waals surface area contributed by atoms with Crippen molar-refractivity contribution in [1.82, 2.24) is 4.90 Å². The van der Waals surface area contributed by atoms with Gasteiger partial charge >= 0.3 is 5.97 Å². The second kappa shape index (κ2) is 9.83. The summed E-state index contributed by atoms with van der Waals surface area (Å²) in [5, 5.41) is 2.92. The Morgan fingerprint density at radius 3 is 2.61 bits per heavy atom. The van der Waals surface area contributed by atoms with Crippen LogP contribution >= 0.6 is 0 Å². The first-order valence-electron chi connectivity index (χ1n) is 10.8. The van der Waals surface area contributed by atoms with E-state index in [2.05, 4.69) is 22.3 Å². The quantitative estimate of drug-likeness (QED) is 0.711. The number of nitrogens with one attached hydrogen (secondary N) is 1. The molecule has 0 radical (unpaired) electrons. The molecule has 31 heavy (non-hydrogen) atoms. The molecule has 0 unspecified atom stereocenters. The van der Waals surface area contributed by atoms with E-state index >= 15 is 0 Å². The van der Waals surface area contributed by atoms with Crippen molar-refractivity contribution in [2.45, 2.75) is 32.2 Å². The summed E-state index contributed by atoms with van der Waals surface area (Å²) in [7, 11) is 0. The lowest BCUT2D eigenvalue weighted by Crippen LogP contribution is -2.33.